The molecule has 0 spiro atoms. The van der Waals surface area contributed by atoms with Gasteiger partial charge in [0.25, 0.3) is 5.91 Å². The first-order valence-corrected chi connectivity index (χ1v) is 10.3. The van der Waals surface area contributed by atoms with Crippen molar-refractivity contribution in [3.8, 4) is 5.82 Å². The van der Waals surface area contributed by atoms with E-state index in [0.717, 1.165) is 22.6 Å². The Kier molecular flexibility index (Phi) is 5.70. The molecule has 0 saturated carbocycles. The van der Waals surface area contributed by atoms with Gasteiger partial charge in [0, 0.05) is 43.8 Å². The molecule has 0 atom stereocenters. The summed E-state index contributed by atoms with van der Waals surface area (Å²) in [6, 6.07) is 13.1. The Bertz CT molecular complexity index is 1100. The molecule has 3 heterocycles. The molecule has 1 fully saturated rings. The van der Waals surface area contributed by atoms with Crippen molar-refractivity contribution >= 4 is 17.6 Å². The Morgan fingerprint density at radius 3 is 2.29 bits per heavy atom. The van der Waals surface area contributed by atoms with Gasteiger partial charge in [-0.25, -0.2) is 14.5 Å². The SMILES string of the molecule is Cc1cccc(NC(=O)N2CCN(C(=O)c3ccc(-n4nc(C)cc4C)nc3)CC2)c1. The molecule has 3 amide bonds. The van der Waals surface area contributed by atoms with Gasteiger partial charge in [-0.15, -0.1) is 0 Å². The van der Waals surface area contributed by atoms with Gasteiger partial charge in [0.1, 0.15) is 0 Å². The molecule has 1 saturated heterocycles. The van der Waals surface area contributed by atoms with E-state index in [0.29, 0.717) is 37.6 Å². The second-order valence-corrected chi connectivity index (χ2v) is 7.82. The van der Waals surface area contributed by atoms with Gasteiger partial charge >= 0.3 is 6.03 Å². The third-order valence-corrected chi connectivity index (χ3v) is 5.34. The second kappa shape index (κ2) is 8.59. The highest BCUT2D eigenvalue weighted by molar-refractivity contribution is 5.94. The molecule has 2 aromatic heterocycles. The van der Waals surface area contributed by atoms with E-state index in [-0.39, 0.29) is 11.9 Å². The van der Waals surface area contributed by atoms with Gasteiger partial charge in [0.15, 0.2) is 5.82 Å². The summed E-state index contributed by atoms with van der Waals surface area (Å²) in [7, 11) is 0. The molecule has 1 aromatic carbocycles. The lowest BCUT2D eigenvalue weighted by molar-refractivity contribution is 0.0671. The number of pyridine rings is 1. The lowest BCUT2D eigenvalue weighted by Crippen LogP contribution is -2.51. The highest BCUT2D eigenvalue weighted by atomic mass is 16.2. The van der Waals surface area contributed by atoms with Crippen molar-refractivity contribution in [1.82, 2.24) is 24.6 Å². The zero-order chi connectivity index (χ0) is 22.0. The Hall–Kier alpha value is -3.68. The summed E-state index contributed by atoms with van der Waals surface area (Å²) < 4.78 is 1.76. The highest BCUT2D eigenvalue weighted by Gasteiger charge is 2.25. The van der Waals surface area contributed by atoms with E-state index in [1.54, 1.807) is 32.8 Å². The molecule has 0 unspecified atom stereocenters. The fourth-order valence-corrected chi connectivity index (χ4v) is 3.72. The van der Waals surface area contributed by atoms with E-state index in [4.69, 9.17) is 0 Å². The van der Waals surface area contributed by atoms with Crippen LogP contribution >= 0.6 is 0 Å². The number of aromatic nitrogens is 3. The number of carbonyl (C=O) groups excluding carboxylic acids is 2. The van der Waals surface area contributed by atoms with E-state index in [1.807, 2.05) is 51.1 Å². The standard InChI is InChI=1S/C23H26N6O2/c1-16-5-4-6-20(13-16)25-23(31)28-11-9-27(10-12-28)22(30)19-7-8-21(24-15-19)29-18(3)14-17(2)26-29/h4-8,13-15H,9-12H2,1-3H3,(H,25,31). The van der Waals surface area contributed by atoms with Gasteiger partial charge < -0.3 is 15.1 Å². The number of urea groups is 1. The van der Waals surface area contributed by atoms with Crippen LogP contribution in [0.2, 0.25) is 0 Å². The third kappa shape index (κ3) is 4.58. The average Bonchev–Trinajstić information content (AvgIpc) is 3.11. The van der Waals surface area contributed by atoms with Gasteiger partial charge in [-0.3, -0.25) is 4.79 Å². The molecular weight excluding hydrogens is 392 g/mol. The molecular formula is C23H26N6O2. The normalized spacial score (nSPS) is 13.9. The second-order valence-electron chi connectivity index (χ2n) is 7.82. The van der Waals surface area contributed by atoms with Crippen LogP contribution in [0.3, 0.4) is 0 Å². The average molecular weight is 419 g/mol. The number of rotatable bonds is 3. The summed E-state index contributed by atoms with van der Waals surface area (Å²) in [5.41, 5.74) is 4.30. The predicted molar refractivity (Wildman–Crippen MR) is 119 cm³/mol. The van der Waals surface area contributed by atoms with Crippen LogP contribution in [0.25, 0.3) is 5.82 Å². The van der Waals surface area contributed by atoms with Crippen molar-refractivity contribution in [2.75, 3.05) is 31.5 Å². The molecule has 8 nitrogen and oxygen atoms in total. The lowest BCUT2D eigenvalue weighted by Gasteiger charge is -2.34. The number of amides is 3. The molecule has 8 heteroatoms. The first-order valence-electron chi connectivity index (χ1n) is 10.3. The minimum Gasteiger partial charge on any atom is -0.335 e. The van der Waals surface area contributed by atoms with Gasteiger partial charge in [-0.05, 0) is 56.7 Å². The topological polar surface area (TPSA) is 83.4 Å². The van der Waals surface area contributed by atoms with E-state index < -0.39 is 0 Å². The first-order chi connectivity index (χ1) is 14.9. The van der Waals surface area contributed by atoms with Gasteiger partial charge in [-0.1, -0.05) is 12.1 Å². The smallest absolute Gasteiger partial charge is 0.321 e. The molecule has 0 radical (unpaired) electrons. The third-order valence-electron chi connectivity index (χ3n) is 5.34. The van der Waals surface area contributed by atoms with E-state index >= 15 is 0 Å². The minimum atomic E-state index is -0.145. The number of nitrogens with zero attached hydrogens (tertiary/aromatic N) is 5. The Balaban J connectivity index is 1.34. The maximum atomic E-state index is 12.9. The molecule has 31 heavy (non-hydrogen) atoms. The lowest BCUT2D eigenvalue weighted by atomic mass is 10.2. The molecule has 3 aromatic rings. The predicted octanol–water partition coefficient (Wildman–Crippen LogP) is 3.18. The van der Waals surface area contributed by atoms with Crippen molar-refractivity contribution < 1.29 is 9.59 Å². The van der Waals surface area contributed by atoms with Crippen molar-refractivity contribution in [2.24, 2.45) is 0 Å². The molecule has 4 rings (SSSR count). The van der Waals surface area contributed by atoms with Crippen LogP contribution in [-0.2, 0) is 0 Å². The zero-order valence-corrected chi connectivity index (χ0v) is 18.0. The Morgan fingerprint density at radius 2 is 1.68 bits per heavy atom. The zero-order valence-electron chi connectivity index (χ0n) is 18.0. The first kappa shape index (κ1) is 20.6. The monoisotopic (exact) mass is 418 g/mol. The fraction of sp³-hybridized carbons (Fsp3) is 0.304. The maximum Gasteiger partial charge on any atom is 0.321 e. The number of carbonyl (C=O) groups is 2. The highest BCUT2D eigenvalue weighted by Crippen LogP contribution is 2.14. The van der Waals surface area contributed by atoms with Crippen molar-refractivity contribution in [3.63, 3.8) is 0 Å². The van der Waals surface area contributed by atoms with Crippen LogP contribution in [0.4, 0.5) is 10.5 Å². The minimum absolute atomic E-state index is 0.0776. The van der Waals surface area contributed by atoms with Crippen molar-refractivity contribution in [3.05, 3.63) is 71.2 Å². The molecule has 0 bridgehead atoms. The number of anilines is 1. The maximum absolute atomic E-state index is 12.9. The van der Waals surface area contributed by atoms with Crippen LogP contribution in [0.15, 0.2) is 48.7 Å². The van der Waals surface area contributed by atoms with Gasteiger partial charge in [0.2, 0.25) is 0 Å². The summed E-state index contributed by atoms with van der Waals surface area (Å²) in [4.78, 5) is 33.3. The molecule has 1 aliphatic heterocycles. The number of benzene rings is 1. The van der Waals surface area contributed by atoms with E-state index in [2.05, 4.69) is 15.4 Å². The molecule has 0 aliphatic carbocycles. The van der Waals surface area contributed by atoms with Crippen molar-refractivity contribution in [2.45, 2.75) is 20.8 Å². The summed E-state index contributed by atoms with van der Waals surface area (Å²) >= 11 is 0. The number of hydrogen-bond donors (Lipinski definition) is 1. The van der Waals surface area contributed by atoms with Gasteiger partial charge in [-0.2, -0.15) is 5.10 Å². The van der Waals surface area contributed by atoms with Crippen molar-refractivity contribution in [1.29, 1.82) is 0 Å². The summed E-state index contributed by atoms with van der Waals surface area (Å²) in [6.07, 6.45) is 1.59. The largest absolute Gasteiger partial charge is 0.335 e. The van der Waals surface area contributed by atoms with Crippen LogP contribution in [0, 0.1) is 20.8 Å². The quantitative estimate of drug-likeness (QED) is 0.708. The van der Waals surface area contributed by atoms with Crippen LogP contribution in [-0.4, -0.2) is 62.7 Å². The van der Waals surface area contributed by atoms with E-state index in [1.165, 1.54) is 0 Å². The molecule has 1 aliphatic rings. The number of hydrogen-bond acceptors (Lipinski definition) is 4. The summed E-state index contributed by atoms with van der Waals surface area (Å²) in [5.74, 6) is 0.603. The van der Waals surface area contributed by atoms with Crippen LogP contribution in [0.1, 0.15) is 27.3 Å². The fourth-order valence-electron chi connectivity index (χ4n) is 3.72. The Labute approximate surface area is 181 Å². The molecule has 160 valence electrons. The number of aryl methyl sites for hydroxylation is 3. The van der Waals surface area contributed by atoms with Crippen LogP contribution in [0.5, 0.6) is 0 Å². The van der Waals surface area contributed by atoms with Gasteiger partial charge in [0.05, 0.1) is 11.3 Å². The van der Waals surface area contributed by atoms with E-state index in [9.17, 15) is 9.59 Å². The number of piperazine rings is 1. The summed E-state index contributed by atoms with van der Waals surface area (Å²) in [6.45, 7) is 7.83. The number of nitrogens with one attached hydrogen (secondary N) is 1. The molecule has 1 N–H and O–H groups in total. The summed E-state index contributed by atoms with van der Waals surface area (Å²) in [5, 5.41) is 7.34. The Morgan fingerprint density at radius 1 is 0.935 bits per heavy atom. The van der Waals surface area contributed by atoms with Crippen LogP contribution < -0.4 is 5.32 Å².